The summed E-state index contributed by atoms with van der Waals surface area (Å²) in [5, 5.41) is 8.69. The molecule has 0 atom stereocenters. The summed E-state index contributed by atoms with van der Waals surface area (Å²) in [6.45, 7) is 14.4. The molecule has 0 unspecified atom stereocenters. The number of likely N-dealkylation sites (tertiary alicyclic amines) is 1. The average Bonchev–Trinajstić information content (AvgIpc) is 3.53. The van der Waals surface area contributed by atoms with E-state index in [1.165, 1.54) is 12.1 Å². The Morgan fingerprint density at radius 1 is 0.926 bits per heavy atom. The molecule has 14 heteroatoms. The van der Waals surface area contributed by atoms with Crippen molar-refractivity contribution in [2.45, 2.75) is 72.5 Å². The molecule has 286 valence electrons. The fraction of sp³-hybridized carbons (Fsp3) is 0.425. The summed E-state index contributed by atoms with van der Waals surface area (Å²) in [5.74, 6) is 5.70. The van der Waals surface area contributed by atoms with Crippen LogP contribution in [-0.4, -0.2) is 81.4 Å². The van der Waals surface area contributed by atoms with Crippen LogP contribution in [0, 0.1) is 30.5 Å². The highest BCUT2D eigenvalue weighted by Gasteiger charge is 2.26. The lowest BCUT2D eigenvalue weighted by molar-refractivity contribution is 0.0498. The molecule has 0 saturated carbocycles. The van der Waals surface area contributed by atoms with E-state index in [0.717, 1.165) is 24.1 Å². The van der Waals surface area contributed by atoms with Gasteiger partial charge in [-0.25, -0.2) is 23.9 Å². The second-order valence-corrected chi connectivity index (χ2v) is 15.0. The van der Waals surface area contributed by atoms with Gasteiger partial charge in [-0.1, -0.05) is 11.8 Å². The summed E-state index contributed by atoms with van der Waals surface area (Å²) < 4.78 is 32.8. The molecule has 1 fully saturated rings. The maximum Gasteiger partial charge on any atom is 0.408 e. The number of fused-ring (bicyclic) bond motifs is 1. The van der Waals surface area contributed by atoms with E-state index < -0.39 is 29.2 Å². The number of nitrogens with zero attached hydrogens (tertiary/aromatic N) is 4. The van der Waals surface area contributed by atoms with Crippen molar-refractivity contribution in [2.24, 2.45) is 5.92 Å². The third-order valence-electron chi connectivity index (χ3n) is 8.36. The van der Waals surface area contributed by atoms with Crippen molar-refractivity contribution in [1.82, 2.24) is 29.9 Å². The Labute approximate surface area is 315 Å². The maximum atomic E-state index is 15.1. The number of halogens is 1. The monoisotopic (exact) mass is 741 g/mol. The van der Waals surface area contributed by atoms with Gasteiger partial charge in [0.05, 0.1) is 18.4 Å². The lowest BCUT2D eigenvalue weighted by Gasteiger charge is -2.32. The fourth-order valence-corrected chi connectivity index (χ4v) is 5.83. The number of anilines is 2. The van der Waals surface area contributed by atoms with Crippen LogP contribution in [0.4, 0.5) is 25.5 Å². The molecule has 2 aromatic carbocycles. The molecule has 0 radical (unpaired) electrons. The number of ether oxygens (including phenoxy) is 3. The van der Waals surface area contributed by atoms with Crippen LogP contribution in [-0.2, 0) is 9.47 Å². The van der Waals surface area contributed by atoms with E-state index >= 15 is 4.39 Å². The first-order valence-electron chi connectivity index (χ1n) is 17.9. The zero-order chi connectivity index (χ0) is 39.0. The Morgan fingerprint density at radius 2 is 1.63 bits per heavy atom. The molecule has 5 rings (SSSR count). The Bertz CT molecular complexity index is 2050. The third kappa shape index (κ3) is 10.8. The number of rotatable bonds is 9. The van der Waals surface area contributed by atoms with E-state index in [9.17, 15) is 14.4 Å². The van der Waals surface area contributed by atoms with Crippen LogP contribution in [0.2, 0.25) is 0 Å². The molecule has 3 heterocycles. The van der Waals surface area contributed by atoms with Crippen molar-refractivity contribution in [3.05, 3.63) is 71.9 Å². The van der Waals surface area contributed by atoms with E-state index in [4.69, 9.17) is 14.2 Å². The first-order chi connectivity index (χ1) is 25.6. The molecule has 2 aromatic heterocycles. The largest absolute Gasteiger partial charge is 0.478 e. The van der Waals surface area contributed by atoms with Gasteiger partial charge < -0.3 is 35.1 Å². The van der Waals surface area contributed by atoms with Gasteiger partial charge in [0.2, 0.25) is 0 Å². The Balaban J connectivity index is 1.16. The van der Waals surface area contributed by atoms with Gasteiger partial charge in [-0.05, 0) is 109 Å². The molecular weight excluding hydrogens is 693 g/mol. The van der Waals surface area contributed by atoms with Gasteiger partial charge in [0.15, 0.2) is 23.0 Å². The molecule has 0 aliphatic carbocycles. The Morgan fingerprint density at radius 3 is 2.30 bits per heavy atom. The number of benzene rings is 2. The highest BCUT2D eigenvalue weighted by Crippen LogP contribution is 2.29. The van der Waals surface area contributed by atoms with Gasteiger partial charge in [-0.15, -0.1) is 0 Å². The van der Waals surface area contributed by atoms with Crippen LogP contribution < -0.4 is 20.7 Å². The summed E-state index contributed by atoms with van der Waals surface area (Å²) in [6, 6.07) is 10.2. The van der Waals surface area contributed by atoms with Gasteiger partial charge >= 0.3 is 12.2 Å². The van der Waals surface area contributed by atoms with E-state index in [2.05, 4.69) is 37.8 Å². The predicted molar refractivity (Wildman–Crippen MR) is 203 cm³/mol. The first-order valence-corrected chi connectivity index (χ1v) is 17.9. The molecule has 4 aromatic rings. The molecule has 3 N–H and O–H groups in total. The molecule has 0 bridgehead atoms. The van der Waals surface area contributed by atoms with Crippen LogP contribution in [0.25, 0.3) is 16.9 Å². The topological polar surface area (TPSA) is 148 Å². The van der Waals surface area contributed by atoms with Gasteiger partial charge in [0.1, 0.15) is 17.8 Å². The highest BCUT2D eigenvalue weighted by molar-refractivity contribution is 5.96. The van der Waals surface area contributed by atoms with Crippen LogP contribution in [0.3, 0.4) is 0 Å². The Hall–Kier alpha value is -5.84. The minimum Gasteiger partial charge on any atom is -0.478 e. The number of piperidine rings is 1. The Kier molecular flexibility index (Phi) is 12.3. The minimum absolute atomic E-state index is 0.0279. The van der Waals surface area contributed by atoms with Crippen LogP contribution in [0.5, 0.6) is 5.75 Å². The molecular formula is C40H48FN7O6. The van der Waals surface area contributed by atoms with Crippen LogP contribution >= 0.6 is 0 Å². The van der Waals surface area contributed by atoms with Gasteiger partial charge in [0, 0.05) is 48.8 Å². The maximum absolute atomic E-state index is 15.1. The molecule has 13 nitrogen and oxygen atoms in total. The number of imidazole rings is 1. The van der Waals surface area contributed by atoms with E-state index in [1.807, 2.05) is 55.2 Å². The van der Waals surface area contributed by atoms with E-state index in [-0.39, 0.29) is 30.7 Å². The van der Waals surface area contributed by atoms with E-state index in [1.54, 1.807) is 45.4 Å². The van der Waals surface area contributed by atoms with Crippen molar-refractivity contribution < 1.29 is 33.0 Å². The second kappa shape index (κ2) is 16.9. The van der Waals surface area contributed by atoms with E-state index in [0.29, 0.717) is 47.9 Å². The molecule has 54 heavy (non-hydrogen) atoms. The van der Waals surface area contributed by atoms with Gasteiger partial charge in [0.25, 0.3) is 5.91 Å². The smallest absolute Gasteiger partial charge is 0.408 e. The number of aryl methyl sites for hydroxylation is 1. The van der Waals surface area contributed by atoms with Crippen molar-refractivity contribution in [2.75, 3.05) is 38.1 Å². The number of hydrogen-bond donors (Lipinski definition) is 3. The normalized spacial score (nSPS) is 13.4. The number of alkyl carbamates (subject to hydrolysis) is 2. The van der Waals surface area contributed by atoms with Crippen molar-refractivity contribution in [3.8, 4) is 28.8 Å². The molecule has 1 saturated heterocycles. The van der Waals surface area contributed by atoms with Gasteiger partial charge in [-0.3, -0.25) is 9.20 Å². The third-order valence-corrected chi connectivity index (χ3v) is 8.36. The summed E-state index contributed by atoms with van der Waals surface area (Å²) >= 11 is 0. The van der Waals surface area contributed by atoms with Crippen molar-refractivity contribution in [3.63, 3.8) is 0 Å². The zero-order valence-electron chi connectivity index (χ0n) is 31.8. The number of amides is 3. The predicted octanol–water partition coefficient (Wildman–Crippen LogP) is 6.87. The number of hydrogen-bond acceptors (Lipinski definition) is 9. The van der Waals surface area contributed by atoms with Crippen LogP contribution in [0.15, 0.2) is 55.0 Å². The first kappa shape index (κ1) is 39.4. The second-order valence-electron chi connectivity index (χ2n) is 15.0. The summed E-state index contributed by atoms with van der Waals surface area (Å²) in [5.41, 5.74) is 2.78. The molecule has 1 aliphatic rings. The highest BCUT2D eigenvalue weighted by atomic mass is 19.1. The molecule has 3 amide bonds. The number of carbonyl (C=O) groups excluding carboxylic acids is 3. The summed E-state index contributed by atoms with van der Waals surface area (Å²) in [6.07, 6.45) is 5.60. The SMILES string of the molecule is Cc1cc(Nc2nccn3c(-c4ccc(OCC#CCNC(=O)OC(C)(C)C)c(F)c4)cnc23)ccc1C(=O)N1CCC(CNC(=O)OC(C)(C)C)CC1. The van der Waals surface area contributed by atoms with Crippen molar-refractivity contribution in [1.29, 1.82) is 0 Å². The summed E-state index contributed by atoms with van der Waals surface area (Å²) in [7, 11) is 0. The lowest BCUT2D eigenvalue weighted by Crippen LogP contribution is -2.42. The molecule has 1 aliphatic heterocycles. The minimum atomic E-state index is -0.604. The van der Waals surface area contributed by atoms with Crippen LogP contribution in [0.1, 0.15) is 70.3 Å². The average molecular weight is 742 g/mol. The van der Waals surface area contributed by atoms with Crippen molar-refractivity contribution >= 4 is 35.2 Å². The molecule has 0 spiro atoms. The quantitative estimate of drug-likeness (QED) is 0.156. The lowest BCUT2D eigenvalue weighted by atomic mass is 9.96. The number of carbonyl (C=O) groups is 3. The summed E-state index contributed by atoms with van der Waals surface area (Å²) in [4.78, 5) is 48.1. The standard InChI is InChI=1S/C40H48FN7O6/c1-26-22-29(11-12-30(26)36(49)47-18-14-27(15-19-47)24-45-38(51)54-40(5,6)7)46-34-35-44-25-32(48(35)20-17-42-34)28-10-13-33(31(41)23-28)52-21-9-8-16-43-37(50)53-39(2,3)4/h10-13,17,20,22-23,25,27H,14-16,18-19,21,24H2,1-7H3,(H,42,46)(H,43,50)(H,45,51). The van der Waals surface area contributed by atoms with Gasteiger partial charge in [-0.2, -0.15) is 0 Å². The number of aromatic nitrogens is 3. The number of nitrogens with one attached hydrogen (secondary N) is 3. The fourth-order valence-electron chi connectivity index (χ4n) is 5.83. The zero-order valence-corrected chi connectivity index (χ0v) is 31.8.